The molecule has 24 heavy (non-hydrogen) atoms. The second-order valence-corrected chi connectivity index (χ2v) is 7.34. The van der Waals surface area contributed by atoms with Crippen molar-refractivity contribution in [3.63, 3.8) is 0 Å². The van der Waals surface area contributed by atoms with Crippen molar-refractivity contribution in [2.45, 2.75) is 33.0 Å². The number of ether oxygens (including phenoxy) is 1. The van der Waals surface area contributed by atoms with Crippen LogP contribution in [-0.4, -0.2) is 52.2 Å². The quantitative estimate of drug-likeness (QED) is 0.777. The van der Waals surface area contributed by atoms with Crippen molar-refractivity contribution in [1.29, 1.82) is 0 Å². The fourth-order valence-corrected chi connectivity index (χ4v) is 2.99. The van der Waals surface area contributed by atoms with E-state index in [0.29, 0.717) is 24.6 Å². The number of carbonyl (C=O) groups excluding carboxylic acids is 1. The van der Waals surface area contributed by atoms with Gasteiger partial charge >= 0.3 is 6.09 Å². The highest BCUT2D eigenvalue weighted by atomic mass is 32.1. The third-order valence-electron chi connectivity index (χ3n) is 3.94. The van der Waals surface area contributed by atoms with Gasteiger partial charge in [0.1, 0.15) is 5.60 Å². The Labute approximate surface area is 146 Å². The van der Waals surface area contributed by atoms with Gasteiger partial charge in [-0.3, -0.25) is 9.47 Å². The van der Waals surface area contributed by atoms with Gasteiger partial charge in [-0.15, -0.1) is 0 Å². The highest BCUT2D eigenvalue weighted by Gasteiger charge is 2.26. The van der Waals surface area contributed by atoms with Gasteiger partial charge in [-0.1, -0.05) is 12.1 Å². The Balaban J connectivity index is 1.62. The number of oxazole rings is 1. The van der Waals surface area contributed by atoms with Gasteiger partial charge in [0.15, 0.2) is 5.58 Å². The molecule has 1 aromatic heterocycles. The first-order valence-electron chi connectivity index (χ1n) is 8.12. The molecule has 0 bridgehead atoms. The van der Waals surface area contributed by atoms with Crippen LogP contribution in [0.25, 0.3) is 11.1 Å². The molecule has 3 rings (SSSR count). The number of para-hydroxylation sites is 2. The van der Waals surface area contributed by atoms with Gasteiger partial charge in [0, 0.05) is 26.2 Å². The molecule has 130 valence electrons. The van der Waals surface area contributed by atoms with Gasteiger partial charge in [0.2, 0.25) is 0 Å². The van der Waals surface area contributed by atoms with Crippen molar-refractivity contribution in [1.82, 2.24) is 14.4 Å². The lowest BCUT2D eigenvalue weighted by Gasteiger charge is -2.35. The zero-order valence-corrected chi connectivity index (χ0v) is 15.1. The van der Waals surface area contributed by atoms with E-state index in [1.807, 2.05) is 49.6 Å². The first-order valence-corrected chi connectivity index (χ1v) is 8.53. The molecule has 0 atom stereocenters. The monoisotopic (exact) mass is 349 g/mol. The van der Waals surface area contributed by atoms with Crippen LogP contribution in [0.15, 0.2) is 28.7 Å². The molecular formula is C17H23N3O3S. The van der Waals surface area contributed by atoms with E-state index < -0.39 is 5.60 Å². The van der Waals surface area contributed by atoms with Gasteiger partial charge in [-0.2, -0.15) is 0 Å². The number of hydrogen-bond acceptors (Lipinski definition) is 5. The summed E-state index contributed by atoms with van der Waals surface area (Å²) in [6.07, 6.45) is -0.243. The molecule has 0 spiro atoms. The van der Waals surface area contributed by atoms with Gasteiger partial charge in [0.05, 0.1) is 12.2 Å². The van der Waals surface area contributed by atoms with Crippen LogP contribution < -0.4 is 0 Å². The van der Waals surface area contributed by atoms with Crippen LogP contribution >= 0.6 is 12.2 Å². The molecule has 1 saturated heterocycles. The topological polar surface area (TPSA) is 50.9 Å². The number of piperazine rings is 1. The number of benzene rings is 1. The van der Waals surface area contributed by atoms with E-state index in [-0.39, 0.29) is 6.09 Å². The summed E-state index contributed by atoms with van der Waals surface area (Å²) in [5, 5.41) is 0. The summed E-state index contributed by atoms with van der Waals surface area (Å²) in [4.78, 5) is 16.6. The molecule has 7 heteroatoms. The molecule has 1 aliphatic heterocycles. The smallest absolute Gasteiger partial charge is 0.410 e. The molecule has 0 radical (unpaired) electrons. The van der Waals surface area contributed by atoms with Crippen LogP contribution in [0.2, 0.25) is 0 Å². The van der Waals surface area contributed by atoms with Gasteiger partial charge in [-0.05, 0) is 45.1 Å². The summed E-state index contributed by atoms with van der Waals surface area (Å²) in [6.45, 7) is 9.17. The maximum absolute atomic E-state index is 12.1. The summed E-state index contributed by atoms with van der Waals surface area (Å²) in [6, 6.07) is 7.84. The standard InChI is InChI=1S/C17H23N3O3S/c1-17(2,3)23-15(21)19-10-8-18(9-11-19)12-20-13-6-4-5-7-14(13)22-16(20)24/h4-7H,8-12H2,1-3H3. The first kappa shape index (κ1) is 17.0. The number of amides is 1. The Morgan fingerprint density at radius 3 is 2.54 bits per heavy atom. The van der Waals surface area contributed by atoms with Crippen LogP contribution in [0.4, 0.5) is 4.79 Å². The van der Waals surface area contributed by atoms with E-state index in [9.17, 15) is 4.79 Å². The minimum atomic E-state index is -0.461. The number of hydrogen-bond donors (Lipinski definition) is 0. The first-order chi connectivity index (χ1) is 11.3. The maximum Gasteiger partial charge on any atom is 0.410 e. The fraction of sp³-hybridized carbons (Fsp3) is 0.529. The van der Waals surface area contributed by atoms with E-state index in [1.54, 1.807) is 4.90 Å². The molecule has 0 N–H and O–H groups in total. The molecule has 0 aliphatic carbocycles. The Kier molecular flexibility index (Phi) is 4.64. The minimum Gasteiger partial charge on any atom is -0.444 e. The average Bonchev–Trinajstić information content (AvgIpc) is 2.82. The van der Waals surface area contributed by atoms with Gasteiger partial charge in [0.25, 0.3) is 4.84 Å². The number of carbonyl (C=O) groups is 1. The molecule has 2 aromatic rings. The van der Waals surface area contributed by atoms with E-state index >= 15 is 0 Å². The third-order valence-corrected chi connectivity index (χ3v) is 4.24. The van der Waals surface area contributed by atoms with Crippen molar-refractivity contribution < 1.29 is 13.9 Å². The van der Waals surface area contributed by atoms with Crippen LogP contribution in [0.1, 0.15) is 20.8 Å². The van der Waals surface area contributed by atoms with E-state index in [1.165, 1.54) is 0 Å². The number of nitrogens with zero attached hydrogens (tertiary/aromatic N) is 3. The predicted octanol–water partition coefficient (Wildman–Crippen LogP) is 3.47. The number of aromatic nitrogens is 1. The van der Waals surface area contributed by atoms with Gasteiger partial charge in [-0.25, -0.2) is 4.79 Å². The predicted molar refractivity (Wildman–Crippen MR) is 94.4 cm³/mol. The fourth-order valence-electron chi connectivity index (χ4n) is 2.75. The van der Waals surface area contributed by atoms with E-state index in [0.717, 1.165) is 24.2 Å². The summed E-state index contributed by atoms with van der Waals surface area (Å²) < 4.78 is 13.0. The molecule has 0 unspecified atom stereocenters. The second kappa shape index (κ2) is 6.57. The second-order valence-electron chi connectivity index (χ2n) is 6.99. The largest absolute Gasteiger partial charge is 0.444 e. The van der Waals surface area contributed by atoms with E-state index in [4.69, 9.17) is 21.4 Å². The molecule has 1 fully saturated rings. The minimum absolute atomic E-state index is 0.243. The molecule has 2 heterocycles. The molecule has 1 aromatic carbocycles. The zero-order chi connectivity index (χ0) is 17.3. The third kappa shape index (κ3) is 3.79. The van der Waals surface area contributed by atoms with Crippen molar-refractivity contribution in [3.8, 4) is 0 Å². The Bertz CT molecular complexity index is 782. The summed E-state index contributed by atoms with van der Waals surface area (Å²) >= 11 is 5.33. The number of rotatable bonds is 2. The summed E-state index contributed by atoms with van der Waals surface area (Å²) in [7, 11) is 0. The average molecular weight is 349 g/mol. The van der Waals surface area contributed by atoms with Crippen LogP contribution in [0, 0.1) is 4.84 Å². The Morgan fingerprint density at radius 1 is 1.21 bits per heavy atom. The van der Waals surface area contributed by atoms with Crippen molar-refractivity contribution in [2.24, 2.45) is 0 Å². The van der Waals surface area contributed by atoms with Crippen LogP contribution in [0.3, 0.4) is 0 Å². The molecule has 1 aliphatic rings. The Hall–Kier alpha value is -1.86. The van der Waals surface area contributed by atoms with Crippen molar-refractivity contribution in [3.05, 3.63) is 29.1 Å². The highest BCUT2D eigenvalue weighted by Crippen LogP contribution is 2.18. The van der Waals surface area contributed by atoms with Crippen molar-refractivity contribution in [2.75, 3.05) is 26.2 Å². The normalized spacial score (nSPS) is 16.5. The molecule has 1 amide bonds. The maximum atomic E-state index is 12.1. The summed E-state index contributed by atoms with van der Waals surface area (Å²) in [5.41, 5.74) is 1.34. The molecule has 0 saturated carbocycles. The van der Waals surface area contributed by atoms with E-state index in [2.05, 4.69) is 4.90 Å². The molecular weight excluding hydrogens is 326 g/mol. The van der Waals surface area contributed by atoms with Crippen LogP contribution in [0.5, 0.6) is 0 Å². The van der Waals surface area contributed by atoms with Crippen LogP contribution in [-0.2, 0) is 11.4 Å². The lowest BCUT2D eigenvalue weighted by atomic mass is 10.2. The highest BCUT2D eigenvalue weighted by molar-refractivity contribution is 7.71. The van der Waals surface area contributed by atoms with Gasteiger partial charge < -0.3 is 14.1 Å². The lowest BCUT2D eigenvalue weighted by Crippen LogP contribution is -2.50. The SMILES string of the molecule is CC(C)(C)OC(=O)N1CCN(Cn2c(=S)oc3ccccc32)CC1. The molecule has 6 nitrogen and oxygen atoms in total. The number of fused-ring (bicyclic) bond motifs is 1. The lowest BCUT2D eigenvalue weighted by molar-refractivity contribution is 0.0118. The zero-order valence-electron chi connectivity index (χ0n) is 14.3. The Morgan fingerprint density at radius 2 is 1.88 bits per heavy atom. The van der Waals surface area contributed by atoms with Crippen molar-refractivity contribution >= 4 is 29.4 Å². The summed E-state index contributed by atoms with van der Waals surface area (Å²) in [5.74, 6) is 0.